The molecule has 33 heavy (non-hydrogen) atoms. The van der Waals surface area contributed by atoms with Crippen LogP contribution < -0.4 is 10.1 Å². The Labute approximate surface area is 205 Å². The highest BCUT2D eigenvalue weighted by Gasteiger charge is 2.53. The molecule has 9 nitrogen and oxygen atoms in total. The topological polar surface area (TPSA) is 122 Å². The number of thioether (sulfide) groups is 1. The zero-order chi connectivity index (χ0) is 24.8. The predicted octanol–water partition coefficient (Wildman–Crippen LogP) is 2.71. The molecule has 0 saturated carbocycles. The number of aliphatic hydroxyl groups excluding tert-OH is 1. The minimum absolute atomic E-state index is 0.00934. The van der Waals surface area contributed by atoms with Gasteiger partial charge in [-0.25, -0.2) is 4.79 Å². The van der Waals surface area contributed by atoms with Crippen LogP contribution in [0.1, 0.15) is 33.3 Å². The van der Waals surface area contributed by atoms with Crippen molar-refractivity contribution in [1.82, 2.24) is 10.2 Å². The summed E-state index contributed by atoms with van der Waals surface area (Å²) in [5, 5.41) is 11.9. The highest BCUT2D eigenvalue weighted by Crippen LogP contribution is 2.35. The molecule has 2 amide bonds. The molecule has 180 valence electrons. The summed E-state index contributed by atoms with van der Waals surface area (Å²) in [6, 6.07) is 5.97. The van der Waals surface area contributed by atoms with E-state index in [0.29, 0.717) is 35.3 Å². The molecule has 0 spiro atoms. The van der Waals surface area contributed by atoms with E-state index in [1.54, 1.807) is 45.0 Å². The number of ether oxygens (including phenoxy) is 2. The summed E-state index contributed by atoms with van der Waals surface area (Å²) in [7, 11) is 0. The van der Waals surface area contributed by atoms with Crippen LogP contribution in [0.2, 0.25) is 0 Å². The molecule has 0 radical (unpaired) electrons. The molecular weight excluding hydrogens is 516 g/mol. The minimum atomic E-state index is -1.05. The van der Waals surface area contributed by atoms with Crippen LogP contribution in [0, 0.1) is 0 Å². The normalized spacial score (nSPS) is 18.7. The van der Waals surface area contributed by atoms with Gasteiger partial charge in [-0.2, -0.15) is 0 Å². The zero-order valence-electron chi connectivity index (χ0n) is 18.8. The van der Waals surface area contributed by atoms with Crippen LogP contribution in [0.15, 0.2) is 35.7 Å². The number of β-lactam (4-membered cyclic amide) rings is 1. The SMILES string of the molecule is CCOc1cccc(CC(=O)NC2C(=O)N(C(C(=O)OC(C)(C)C)=C(O)CBr)C2SC=O)c1. The van der Waals surface area contributed by atoms with Gasteiger partial charge in [-0.15, -0.1) is 0 Å². The van der Waals surface area contributed by atoms with Crippen molar-refractivity contribution in [1.29, 1.82) is 0 Å². The standard InChI is InChI=1S/C22H27BrN2O7S/c1-5-31-14-8-6-7-13(9-14)10-16(28)24-17-19(29)25(20(17)33-12-26)18(15(27)11-23)21(30)32-22(2,3)4/h6-9,12,17,20,27H,5,10-11H2,1-4H3,(H,24,28). The minimum Gasteiger partial charge on any atom is -0.509 e. The number of carbonyl (C=O) groups is 4. The fourth-order valence-corrected chi connectivity index (χ4v) is 4.15. The van der Waals surface area contributed by atoms with Gasteiger partial charge < -0.3 is 19.9 Å². The van der Waals surface area contributed by atoms with E-state index < -0.39 is 40.6 Å². The van der Waals surface area contributed by atoms with Crippen LogP contribution >= 0.6 is 27.7 Å². The second-order valence-corrected chi connectivity index (χ2v) is 9.57. The van der Waals surface area contributed by atoms with E-state index in [-0.39, 0.29) is 17.4 Å². The number of amides is 2. The van der Waals surface area contributed by atoms with Gasteiger partial charge in [0.2, 0.25) is 5.91 Å². The fourth-order valence-electron chi connectivity index (χ4n) is 3.10. The number of benzene rings is 1. The van der Waals surface area contributed by atoms with Gasteiger partial charge in [0.1, 0.15) is 28.5 Å². The average Bonchev–Trinajstić information content (AvgIpc) is 2.73. The Hall–Kier alpha value is -2.53. The molecule has 0 aromatic heterocycles. The maximum Gasteiger partial charge on any atom is 0.359 e. The summed E-state index contributed by atoms with van der Waals surface area (Å²) >= 11 is 3.77. The Balaban J connectivity index is 2.19. The molecule has 1 fully saturated rings. The van der Waals surface area contributed by atoms with Gasteiger partial charge in [-0.05, 0) is 45.4 Å². The van der Waals surface area contributed by atoms with E-state index in [2.05, 4.69) is 21.2 Å². The summed E-state index contributed by atoms with van der Waals surface area (Å²) in [6.07, 6.45) is -0.00934. The summed E-state index contributed by atoms with van der Waals surface area (Å²) in [5.74, 6) is -1.79. The lowest BCUT2D eigenvalue weighted by Gasteiger charge is -2.46. The first-order valence-corrected chi connectivity index (χ1v) is 12.2. The quantitative estimate of drug-likeness (QED) is 0.115. The van der Waals surface area contributed by atoms with Gasteiger partial charge in [-0.3, -0.25) is 19.3 Å². The number of allylic oxidation sites excluding steroid dienone is 1. The monoisotopic (exact) mass is 542 g/mol. The smallest absolute Gasteiger partial charge is 0.359 e. The average molecular weight is 543 g/mol. The van der Waals surface area contributed by atoms with Crippen molar-refractivity contribution in [3.63, 3.8) is 0 Å². The number of nitrogens with zero attached hydrogens (tertiary/aromatic N) is 1. The number of hydrogen-bond donors (Lipinski definition) is 2. The first-order valence-electron chi connectivity index (χ1n) is 10.2. The van der Waals surface area contributed by atoms with Gasteiger partial charge in [0.05, 0.1) is 18.4 Å². The van der Waals surface area contributed by atoms with Gasteiger partial charge in [-0.1, -0.05) is 39.8 Å². The van der Waals surface area contributed by atoms with Crippen molar-refractivity contribution >= 4 is 51.1 Å². The molecule has 2 rings (SSSR count). The van der Waals surface area contributed by atoms with Crippen molar-refractivity contribution in [2.75, 3.05) is 11.9 Å². The molecule has 0 bridgehead atoms. The summed E-state index contributed by atoms with van der Waals surface area (Å²) in [6.45, 7) is 7.28. The number of carbonyl (C=O) groups excluding carboxylic acids is 4. The summed E-state index contributed by atoms with van der Waals surface area (Å²) in [5.41, 5.74) is -0.0547. The molecule has 2 N–H and O–H groups in total. The van der Waals surface area contributed by atoms with Crippen LogP contribution in [0.3, 0.4) is 0 Å². The highest BCUT2D eigenvalue weighted by atomic mass is 79.9. The second kappa shape index (κ2) is 11.6. The van der Waals surface area contributed by atoms with Crippen molar-refractivity contribution in [2.45, 2.75) is 51.1 Å². The molecule has 2 unspecified atom stereocenters. The molecule has 1 heterocycles. The maximum atomic E-state index is 12.9. The molecule has 1 aliphatic heterocycles. The van der Waals surface area contributed by atoms with Gasteiger partial charge in [0.15, 0.2) is 11.3 Å². The number of halogens is 1. The number of esters is 1. The van der Waals surface area contributed by atoms with E-state index in [4.69, 9.17) is 9.47 Å². The molecule has 1 aromatic rings. The zero-order valence-corrected chi connectivity index (χ0v) is 21.2. The van der Waals surface area contributed by atoms with Gasteiger partial charge in [0.25, 0.3) is 5.91 Å². The molecule has 11 heteroatoms. The number of hydrogen-bond acceptors (Lipinski definition) is 8. The molecule has 2 atom stereocenters. The van der Waals surface area contributed by atoms with Crippen LogP contribution in [0.5, 0.6) is 5.75 Å². The number of likely N-dealkylation sites (tertiary alicyclic amines) is 1. The largest absolute Gasteiger partial charge is 0.509 e. The van der Waals surface area contributed by atoms with Crippen LogP contribution in [0.25, 0.3) is 0 Å². The van der Waals surface area contributed by atoms with Crippen molar-refractivity contribution in [2.24, 2.45) is 0 Å². The predicted molar refractivity (Wildman–Crippen MR) is 128 cm³/mol. The van der Waals surface area contributed by atoms with Crippen molar-refractivity contribution < 1.29 is 33.8 Å². The Morgan fingerprint density at radius 1 is 1.33 bits per heavy atom. The van der Waals surface area contributed by atoms with Crippen LogP contribution in [-0.2, 0) is 30.3 Å². The lowest BCUT2D eigenvalue weighted by molar-refractivity contribution is -0.159. The molecular formula is C22H27BrN2O7S. The second-order valence-electron chi connectivity index (χ2n) is 8.06. The number of nitrogens with one attached hydrogen (secondary N) is 1. The van der Waals surface area contributed by atoms with E-state index in [1.807, 2.05) is 6.92 Å². The lowest BCUT2D eigenvalue weighted by Crippen LogP contribution is -2.69. The highest BCUT2D eigenvalue weighted by molar-refractivity contribution is 9.09. The molecule has 0 aliphatic carbocycles. The third kappa shape index (κ3) is 6.97. The van der Waals surface area contributed by atoms with E-state index in [1.165, 1.54) is 0 Å². The van der Waals surface area contributed by atoms with Gasteiger partial charge in [0, 0.05) is 0 Å². The molecule has 1 aliphatic rings. The van der Waals surface area contributed by atoms with Crippen molar-refractivity contribution in [3.05, 3.63) is 41.3 Å². The van der Waals surface area contributed by atoms with Crippen molar-refractivity contribution in [3.8, 4) is 5.75 Å². The number of rotatable bonds is 10. The first-order chi connectivity index (χ1) is 15.5. The van der Waals surface area contributed by atoms with Crippen LogP contribution in [-0.4, -0.2) is 62.4 Å². The van der Waals surface area contributed by atoms with Gasteiger partial charge >= 0.3 is 5.97 Å². The lowest BCUT2D eigenvalue weighted by atomic mass is 10.0. The summed E-state index contributed by atoms with van der Waals surface area (Å²) < 4.78 is 10.7. The first kappa shape index (κ1) is 26.7. The number of aliphatic hydroxyl groups is 1. The Kier molecular flexibility index (Phi) is 9.35. The Morgan fingerprint density at radius 3 is 2.61 bits per heavy atom. The summed E-state index contributed by atoms with van der Waals surface area (Å²) in [4.78, 5) is 50.4. The van der Waals surface area contributed by atoms with E-state index in [0.717, 1.165) is 4.90 Å². The van der Waals surface area contributed by atoms with E-state index in [9.17, 15) is 24.3 Å². The Bertz CT molecular complexity index is 945. The molecule has 1 saturated heterocycles. The number of alkyl halides is 1. The van der Waals surface area contributed by atoms with Crippen LogP contribution in [0.4, 0.5) is 0 Å². The molecule has 1 aromatic carbocycles. The third-order valence-corrected chi connectivity index (χ3v) is 5.77. The van der Waals surface area contributed by atoms with E-state index >= 15 is 0 Å². The third-order valence-electron chi connectivity index (χ3n) is 4.36. The fraction of sp³-hybridized carbons (Fsp3) is 0.455. The Morgan fingerprint density at radius 2 is 2.03 bits per heavy atom. The maximum absolute atomic E-state index is 12.9.